The minimum Gasteiger partial charge on any atom is -0.504 e. The van der Waals surface area contributed by atoms with Gasteiger partial charge in [-0.1, -0.05) is 19.1 Å². The lowest BCUT2D eigenvalue weighted by Crippen LogP contribution is -2.10. The molecule has 0 aliphatic heterocycles. The van der Waals surface area contributed by atoms with Crippen molar-refractivity contribution in [3.8, 4) is 11.5 Å². The highest BCUT2D eigenvalue weighted by Gasteiger charge is 2.13. The number of para-hydroxylation sites is 1. The first-order valence-corrected chi connectivity index (χ1v) is 4.90. The Morgan fingerprint density at radius 2 is 2.14 bits per heavy atom. The Balaban J connectivity index is 3.07. The van der Waals surface area contributed by atoms with Crippen LogP contribution in [-0.4, -0.2) is 11.7 Å². The Labute approximate surface area is 84.5 Å². The van der Waals surface area contributed by atoms with Crippen molar-refractivity contribution in [2.75, 3.05) is 6.61 Å². The Kier molecular flexibility index (Phi) is 3.77. The van der Waals surface area contributed by atoms with Gasteiger partial charge in [-0.2, -0.15) is 0 Å². The Morgan fingerprint density at radius 1 is 1.43 bits per heavy atom. The second-order valence-electron chi connectivity index (χ2n) is 3.14. The van der Waals surface area contributed by atoms with Crippen LogP contribution < -0.4 is 10.5 Å². The van der Waals surface area contributed by atoms with Crippen molar-refractivity contribution in [2.45, 2.75) is 26.3 Å². The zero-order chi connectivity index (χ0) is 10.6. The smallest absolute Gasteiger partial charge is 0.165 e. The SMILES string of the molecule is CCOc1c(O)cccc1[C@H](N)CC. The summed E-state index contributed by atoms with van der Waals surface area (Å²) in [7, 11) is 0. The summed E-state index contributed by atoms with van der Waals surface area (Å²) in [6.07, 6.45) is 0.823. The molecular formula is C11H17NO2. The van der Waals surface area contributed by atoms with Gasteiger partial charge in [0.25, 0.3) is 0 Å². The number of hydrogen-bond donors (Lipinski definition) is 2. The van der Waals surface area contributed by atoms with Crippen molar-refractivity contribution in [3.05, 3.63) is 23.8 Å². The van der Waals surface area contributed by atoms with Crippen LogP contribution in [0.4, 0.5) is 0 Å². The normalized spacial score (nSPS) is 12.5. The molecule has 14 heavy (non-hydrogen) atoms. The van der Waals surface area contributed by atoms with Crippen LogP contribution in [0.2, 0.25) is 0 Å². The Morgan fingerprint density at radius 3 is 2.71 bits per heavy atom. The van der Waals surface area contributed by atoms with Gasteiger partial charge in [0.05, 0.1) is 6.61 Å². The average Bonchev–Trinajstić information content (AvgIpc) is 2.20. The van der Waals surface area contributed by atoms with Gasteiger partial charge in [-0.05, 0) is 19.4 Å². The van der Waals surface area contributed by atoms with E-state index < -0.39 is 0 Å². The van der Waals surface area contributed by atoms with Gasteiger partial charge in [-0.3, -0.25) is 0 Å². The molecule has 1 aromatic rings. The summed E-state index contributed by atoms with van der Waals surface area (Å²) in [5, 5.41) is 9.59. The van der Waals surface area contributed by atoms with Gasteiger partial charge in [0.2, 0.25) is 0 Å². The van der Waals surface area contributed by atoms with Crippen molar-refractivity contribution in [1.29, 1.82) is 0 Å². The quantitative estimate of drug-likeness (QED) is 0.774. The summed E-state index contributed by atoms with van der Waals surface area (Å²) < 4.78 is 5.36. The zero-order valence-corrected chi connectivity index (χ0v) is 8.66. The molecule has 0 bridgehead atoms. The molecule has 0 unspecified atom stereocenters. The van der Waals surface area contributed by atoms with Gasteiger partial charge in [-0.25, -0.2) is 0 Å². The molecule has 0 aliphatic rings. The van der Waals surface area contributed by atoms with Crippen LogP contribution in [0.5, 0.6) is 11.5 Å². The second kappa shape index (κ2) is 4.86. The molecule has 78 valence electrons. The van der Waals surface area contributed by atoms with Crippen molar-refractivity contribution < 1.29 is 9.84 Å². The summed E-state index contributed by atoms with van der Waals surface area (Å²) >= 11 is 0. The maximum atomic E-state index is 9.59. The third-order valence-corrected chi connectivity index (χ3v) is 2.15. The molecular weight excluding hydrogens is 178 g/mol. The zero-order valence-electron chi connectivity index (χ0n) is 8.66. The third kappa shape index (κ3) is 2.17. The molecule has 0 radical (unpaired) electrons. The molecule has 0 saturated heterocycles. The molecule has 3 heteroatoms. The highest BCUT2D eigenvalue weighted by Crippen LogP contribution is 2.34. The van der Waals surface area contributed by atoms with Crippen LogP contribution in [-0.2, 0) is 0 Å². The van der Waals surface area contributed by atoms with Crippen LogP contribution in [0.1, 0.15) is 31.9 Å². The van der Waals surface area contributed by atoms with E-state index in [0.29, 0.717) is 12.4 Å². The van der Waals surface area contributed by atoms with E-state index in [2.05, 4.69) is 0 Å². The molecule has 0 spiro atoms. The number of aromatic hydroxyl groups is 1. The van der Waals surface area contributed by atoms with Gasteiger partial charge in [0.1, 0.15) is 0 Å². The first-order chi connectivity index (χ1) is 6.70. The van der Waals surface area contributed by atoms with E-state index >= 15 is 0 Å². The molecule has 1 rings (SSSR count). The van der Waals surface area contributed by atoms with Crippen LogP contribution in [0.3, 0.4) is 0 Å². The summed E-state index contributed by atoms with van der Waals surface area (Å²) in [6.45, 7) is 4.42. The van der Waals surface area contributed by atoms with Crippen molar-refractivity contribution in [2.24, 2.45) is 5.73 Å². The monoisotopic (exact) mass is 195 g/mol. The van der Waals surface area contributed by atoms with E-state index in [0.717, 1.165) is 12.0 Å². The lowest BCUT2D eigenvalue weighted by molar-refractivity contribution is 0.312. The Hall–Kier alpha value is -1.22. The lowest BCUT2D eigenvalue weighted by atomic mass is 10.0. The number of phenolic OH excluding ortho intramolecular Hbond substituents is 1. The maximum Gasteiger partial charge on any atom is 0.165 e. The predicted molar refractivity (Wildman–Crippen MR) is 56.5 cm³/mol. The molecule has 0 amide bonds. The summed E-state index contributed by atoms with van der Waals surface area (Å²) in [4.78, 5) is 0. The molecule has 1 aromatic carbocycles. The fourth-order valence-electron chi connectivity index (χ4n) is 1.36. The van der Waals surface area contributed by atoms with Crippen LogP contribution in [0.15, 0.2) is 18.2 Å². The number of phenols is 1. The topological polar surface area (TPSA) is 55.5 Å². The molecule has 0 fully saturated rings. The molecule has 0 aromatic heterocycles. The molecule has 0 saturated carbocycles. The van der Waals surface area contributed by atoms with Crippen molar-refractivity contribution >= 4 is 0 Å². The second-order valence-corrected chi connectivity index (χ2v) is 3.14. The van der Waals surface area contributed by atoms with Crippen LogP contribution >= 0.6 is 0 Å². The number of nitrogens with two attached hydrogens (primary N) is 1. The number of benzene rings is 1. The van der Waals surface area contributed by atoms with Crippen LogP contribution in [0.25, 0.3) is 0 Å². The summed E-state index contributed by atoms with van der Waals surface area (Å²) in [5.74, 6) is 0.678. The fraction of sp³-hybridized carbons (Fsp3) is 0.455. The minimum atomic E-state index is -0.0800. The van der Waals surface area contributed by atoms with E-state index in [-0.39, 0.29) is 11.8 Å². The van der Waals surface area contributed by atoms with E-state index in [1.807, 2.05) is 19.9 Å². The molecule has 3 nitrogen and oxygen atoms in total. The van der Waals surface area contributed by atoms with E-state index in [9.17, 15) is 5.11 Å². The lowest BCUT2D eigenvalue weighted by Gasteiger charge is -2.15. The summed E-state index contributed by atoms with van der Waals surface area (Å²) in [5.41, 5.74) is 6.77. The van der Waals surface area contributed by atoms with Gasteiger partial charge < -0.3 is 15.6 Å². The largest absolute Gasteiger partial charge is 0.504 e. The van der Waals surface area contributed by atoms with E-state index in [1.165, 1.54) is 0 Å². The molecule has 3 N–H and O–H groups in total. The molecule has 1 atom stereocenters. The first-order valence-electron chi connectivity index (χ1n) is 4.90. The number of hydrogen-bond acceptors (Lipinski definition) is 3. The number of ether oxygens (including phenoxy) is 1. The predicted octanol–water partition coefficient (Wildman–Crippen LogP) is 2.20. The number of rotatable bonds is 4. The maximum absolute atomic E-state index is 9.59. The van der Waals surface area contributed by atoms with Crippen LogP contribution in [0, 0.1) is 0 Å². The fourth-order valence-corrected chi connectivity index (χ4v) is 1.36. The van der Waals surface area contributed by atoms with Crippen molar-refractivity contribution in [3.63, 3.8) is 0 Å². The van der Waals surface area contributed by atoms with Crippen molar-refractivity contribution in [1.82, 2.24) is 0 Å². The minimum absolute atomic E-state index is 0.0800. The van der Waals surface area contributed by atoms with Gasteiger partial charge >= 0.3 is 0 Å². The van der Waals surface area contributed by atoms with E-state index in [1.54, 1.807) is 12.1 Å². The first kappa shape index (κ1) is 10.9. The third-order valence-electron chi connectivity index (χ3n) is 2.15. The summed E-state index contributed by atoms with van der Waals surface area (Å²) in [6, 6.07) is 5.20. The molecule has 0 aliphatic carbocycles. The molecule has 0 heterocycles. The highest BCUT2D eigenvalue weighted by molar-refractivity contribution is 5.47. The Bertz CT molecular complexity index is 299. The average molecular weight is 195 g/mol. The highest BCUT2D eigenvalue weighted by atomic mass is 16.5. The standard InChI is InChI=1S/C11H17NO2/c1-3-9(12)8-6-5-7-10(13)11(8)14-4-2/h5-7,9,13H,3-4,12H2,1-2H3/t9-/m1/s1. The van der Waals surface area contributed by atoms with Gasteiger partial charge in [-0.15, -0.1) is 0 Å². The van der Waals surface area contributed by atoms with E-state index in [4.69, 9.17) is 10.5 Å². The van der Waals surface area contributed by atoms with Gasteiger partial charge in [0, 0.05) is 11.6 Å². The van der Waals surface area contributed by atoms with Gasteiger partial charge in [0.15, 0.2) is 11.5 Å².